The zero-order valence-corrected chi connectivity index (χ0v) is 16.2. The van der Waals surface area contributed by atoms with E-state index in [9.17, 15) is 0 Å². The van der Waals surface area contributed by atoms with Crippen LogP contribution < -0.4 is 14.4 Å². The summed E-state index contributed by atoms with van der Waals surface area (Å²) in [6, 6.07) is 14.9. The molecule has 0 aromatic heterocycles. The summed E-state index contributed by atoms with van der Waals surface area (Å²) in [6.07, 6.45) is 1.02. The number of benzene rings is 2. The third-order valence-electron chi connectivity index (χ3n) is 5.60. The van der Waals surface area contributed by atoms with Gasteiger partial charge in [0.2, 0.25) is 0 Å². The lowest BCUT2D eigenvalue weighted by Crippen LogP contribution is -2.48. The Morgan fingerprint density at radius 2 is 1.67 bits per heavy atom. The van der Waals surface area contributed by atoms with Gasteiger partial charge in [-0.15, -0.1) is 0 Å². The first-order valence-corrected chi connectivity index (χ1v) is 9.67. The van der Waals surface area contributed by atoms with Crippen LogP contribution in [0.1, 0.15) is 17.2 Å². The lowest BCUT2D eigenvalue weighted by atomic mass is 9.96. The highest BCUT2D eigenvalue weighted by atomic mass is 16.5. The number of rotatable bonds is 5. The Bertz CT molecular complexity index is 758. The topological polar surface area (TPSA) is 34.2 Å². The van der Waals surface area contributed by atoms with Gasteiger partial charge in [0.05, 0.1) is 26.9 Å². The van der Waals surface area contributed by atoms with Gasteiger partial charge in [0, 0.05) is 38.4 Å². The zero-order valence-electron chi connectivity index (χ0n) is 16.2. The minimum Gasteiger partial charge on any atom is -0.493 e. The van der Waals surface area contributed by atoms with Crippen molar-refractivity contribution < 1.29 is 14.2 Å². The quantitative estimate of drug-likeness (QED) is 0.810. The van der Waals surface area contributed by atoms with Crippen LogP contribution in [0.5, 0.6) is 11.5 Å². The third-order valence-corrected chi connectivity index (χ3v) is 5.60. The first kappa shape index (κ1) is 18.1. The fourth-order valence-corrected chi connectivity index (χ4v) is 4.07. The van der Waals surface area contributed by atoms with Crippen LogP contribution in [0.3, 0.4) is 0 Å². The first-order chi connectivity index (χ1) is 13.3. The molecule has 0 aliphatic carbocycles. The van der Waals surface area contributed by atoms with Crippen molar-refractivity contribution in [3.05, 3.63) is 53.6 Å². The van der Waals surface area contributed by atoms with E-state index >= 15 is 0 Å². The van der Waals surface area contributed by atoms with Crippen LogP contribution in [0.25, 0.3) is 0 Å². The van der Waals surface area contributed by atoms with Crippen LogP contribution in [-0.4, -0.2) is 58.5 Å². The van der Waals surface area contributed by atoms with E-state index in [0.29, 0.717) is 0 Å². The van der Waals surface area contributed by atoms with Crippen LogP contribution in [0.15, 0.2) is 42.5 Å². The van der Waals surface area contributed by atoms with E-state index < -0.39 is 0 Å². The SMILES string of the molecule is COc1cc2c(cc1OC)C(CN1CCN(c3ccccc3)CC1)OCC2. The number of methoxy groups -OCH3 is 2. The average Bonchev–Trinajstić information content (AvgIpc) is 2.74. The number of hydrogen-bond acceptors (Lipinski definition) is 5. The van der Waals surface area contributed by atoms with Crippen molar-refractivity contribution in [2.45, 2.75) is 12.5 Å². The van der Waals surface area contributed by atoms with Crippen molar-refractivity contribution in [2.24, 2.45) is 0 Å². The Kier molecular flexibility index (Phi) is 5.50. The van der Waals surface area contributed by atoms with Gasteiger partial charge in [-0.1, -0.05) is 18.2 Å². The summed E-state index contributed by atoms with van der Waals surface area (Å²) >= 11 is 0. The molecule has 5 nitrogen and oxygen atoms in total. The number of piperazine rings is 1. The molecule has 0 amide bonds. The predicted molar refractivity (Wildman–Crippen MR) is 107 cm³/mol. The molecule has 0 radical (unpaired) electrons. The summed E-state index contributed by atoms with van der Waals surface area (Å²) in [5.74, 6) is 1.58. The molecule has 144 valence electrons. The van der Waals surface area contributed by atoms with Crippen LogP contribution in [0.2, 0.25) is 0 Å². The van der Waals surface area contributed by atoms with Crippen LogP contribution >= 0.6 is 0 Å². The highest BCUT2D eigenvalue weighted by Gasteiger charge is 2.27. The lowest BCUT2D eigenvalue weighted by molar-refractivity contribution is 0.0146. The Morgan fingerprint density at radius 1 is 0.963 bits per heavy atom. The van der Waals surface area contributed by atoms with Gasteiger partial charge in [-0.3, -0.25) is 4.90 Å². The molecule has 0 N–H and O–H groups in total. The molecular formula is C22H28N2O3. The van der Waals surface area contributed by atoms with Crippen LogP contribution in [0.4, 0.5) is 5.69 Å². The van der Waals surface area contributed by atoms with Gasteiger partial charge < -0.3 is 19.1 Å². The minimum atomic E-state index is 0.0943. The number of fused-ring (bicyclic) bond motifs is 1. The summed E-state index contributed by atoms with van der Waals surface area (Å²) < 4.78 is 17.1. The van der Waals surface area contributed by atoms with Gasteiger partial charge in [0.15, 0.2) is 11.5 Å². The molecule has 1 saturated heterocycles. The number of nitrogens with zero attached hydrogens (tertiary/aromatic N) is 2. The molecule has 1 fully saturated rings. The van der Waals surface area contributed by atoms with E-state index in [0.717, 1.165) is 57.3 Å². The second kappa shape index (κ2) is 8.19. The van der Waals surface area contributed by atoms with Gasteiger partial charge in [0.1, 0.15) is 0 Å². The fraction of sp³-hybridized carbons (Fsp3) is 0.455. The summed E-state index contributed by atoms with van der Waals surface area (Å²) in [5, 5.41) is 0. The largest absolute Gasteiger partial charge is 0.493 e. The van der Waals surface area contributed by atoms with Crippen molar-refractivity contribution in [2.75, 3.05) is 58.5 Å². The van der Waals surface area contributed by atoms with Crippen molar-refractivity contribution in [3.63, 3.8) is 0 Å². The van der Waals surface area contributed by atoms with Gasteiger partial charge in [-0.2, -0.15) is 0 Å². The molecule has 4 rings (SSSR count). The number of hydrogen-bond donors (Lipinski definition) is 0. The second-order valence-corrected chi connectivity index (χ2v) is 7.14. The fourth-order valence-electron chi connectivity index (χ4n) is 4.07. The second-order valence-electron chi connectivity index (χ2n) is 7.14. The molecule has 2 heterocycles. The normalized spacial score (nSPS) is 20.2. The van der Waals surface area contributed by atoms with E-state index in [1.165, 1.54) is 16.8 Å². The molecule has 2 aromatic rings. The van der Waals surface area contributed by atoms with Gasteiger partial charge in [0.25, 0.3) is 0 Å². The smallest absolute Gasteiger partial charge is 0.161 e. The van der Waals surface area contributed by atoms with E-state index in [2.05, 4.69) is 52.3 Å². The van der Waals surface area contributed by atoms with Crippen molar-refractivity contribution in [1.82, 2.24) is 4.90 Å². The predicted octanol–water partition coefficient (Wildman–Crippen LogP) is 3.14. The van der Waals surface area contributed by atoms with Crippen LogP contribution in [-0.2, 0) is 11.2 Å². The molecule has 2 aliphatic rings. The minimum absolute atomic E-state index is 0.0943. The van der Waals surface area contributed by atoms with E-state index in [1.54, 1.807) is 14.2 Å². The van der Waals surface area contributed by atoms with Gasteiger partial charge in [-0.05, 0) is 41.8 Å². The Morgan fingerprint density at radius 3 is 2.37 bits per heavy atom. The maximum absolute atomic E-state index is 6.14. The van der Waals surface area contributed by atoms with Crippen molar-refractivity contribution >= 4 is 5.69 Å². The standard InChI is InChI=1S/C22H28N2O3/c1-25-20-14-17-8-13-27-22(19(17)15-21(20)26-2)16-23-9-11-24(12-10-23)18-6-4-3-5-7-18/h3-7,14-15,22H,8-13,16H2,1-2H3. The molecule has 2 aromatic carbocycles. The summed E-state index contributed by atoms with van der Waals surface area (Å²) in [7, 11) is 3.37. The molecular weight excluding hydrogens is 340 g/mol. The molecule has 0 bridgehead atoms. The van der Waals surface area contributed by atoms with Gasteiger partial charge >= 0.3 is 0 Å². The third kappa shape index (κ3) is 3.89. The molecule has 2 aliphatic heterocycles. The number of para-hydroxylation sites is 1. The lowest BCUT2D eigenvalue weighted by Gasteiger charge is -2.38. The maximum Gasteiger partial charge on any atom is 0.161 e. The maximum atomic E-state index is 6.14. The van der Waals surface area contributed by atoms with Crippen molar-refractivity contribution in [1.29, 1.82) is 0 Å². The van der Waals surface area contributed by atoms with Crippen LogP contribution in [0, 0.1) is 0 Å². The van der Waals surface area contributed by atoms with E-state index in [4.69, 9.17) is 14.2 Å². The molecule has 0 spiro atoms. The molecule has 1 unspecified atom stereocenters. The highest BCUT2D eigenvalue weighted by Crippen LogP contribution is 2.37. The highest BCUT2D eigenvalue weighted by molar-refractivity contribution is 5.49. The molecule has 27 heavy (non-hydrogen) atoms. The van der Waals surface area contributed by atoms with Crippen molar-refractivity contribution in [3.8, 4) is 11.5 Å². The average molecular weight is 368 g/mol. The summed E-state index contributed by atoms with van der Waals surface area (Å²) in [4.78, 5) is 4.97. The molecule has 5 heteroatoms. The van der Waals surface area contributed by atoms with E-state index in [1.807, 2.05) is 0 Å². The Hall–Kier alpha value is -2.24. The molecule has 0 saturated carbocycles. The first-order valence-electron chi connectivity index (χ1n) is 9.67. The zero-order chi connectivity index (χ0) is 18.6. The van der Waals surface area contributed by atoms with Gasteiger partial charge in [-0.25, -0.2) is 0 Å². The van der Waals surface area contributed by atoms with E-state index in [-0.39, 0.29) is 6.10 Å². The monoisotopic (exact) mass is 368 g/mol. The molecule has 1 atom stereocenters. The number of anilines is 1. The number of ether oxygens (including phenoxy) is 3. The summed E-state index contributed by atoms with van der Waals surface area (Å²) in [6.45, 7) is 5.89. The summed E-state index contributed by atoms with van der Waals surface area (Å²) in [5.41, 5.74) is 3.87. The Balaban J connectivity index is 1.43. The Labute approximate surface area is 161 Å².